The molecular formula is C5H7NO2. The molecule has 3 nitrogen and oxygen atoms in total. The first kappa shape index (κ1) is 6.88. The van der Waals surface area contributed by atoms with Gasteiger partial charge < -0.3 is 10.5 Å². The van der Waals surface area contributed by atoms with E-state index in [0.29, 0.717) is 6.29 Å². The van der Waals surface area contributed by atoms with Crippen LogP contribution in [-0.2, 0) is 9.59 Å². The summed E-state index contributed by atoms with van der Waals surface area (Å²) in [5.41, 5.74) is 4.88. The van der Waals surface area contributed by atoms with Crippen LogP contribution in [0.3, 0.4) is 0 Å². The second kappa shape index (κ2) is 2.96. The SMILES string of the molecule is C=C(CC=O)C(N)=O. The average molecular weight is 113 g/mol. The molecule has 0 fully saturated rings. The van der Waals surface area contributed by atoms with Gasteiger partial charge in [-0.1, -0.05) is 6.58 Å². The van der Waals surface area contributed by atoms with Crippen molar-refractivity contribution in [1.82, 2.24) is 0 Å². The van der Waals surface area contributed by atoms with Crippen molar-refractivity contribution < 1.29 is 9.59 Å². The van der Waals surface area contributed by atoms with Gasteiger partial charge in [-0.05, 0) is 0 Å². The minimum Gasteiger partial charge on any atom is -0.366 e. The largest absolute Gasteiger partial charge is 0.366 e. The summed E-state index contributed by atoms with van der Waals surface area (Å²) >= 11 is 0. The third kappa shape index (κ3) is 2.12. The monoisotopic (exact) mass is 113 g/mol. The third-order valence-electron chi connectivity index (χ3n) is 0.678. The Morgan fingerprint density at radius 3 is 2.38 bits per heavy atom. The van der Waals surface area contributed by atoms with Gasteiger partial charge in [-0.15, -0.1) is 0 Å². The molecule has 0 saturated carbocycles. The van der Waals surface area contributed by atoms with Crippen LogP contribution in [0.15, 0.2) is 12.2 Å². The lowest BCUT2D eigenvalue weighted by molar-refractivity contribution is -0.116. The zero-order valence-electron chi connectivity index (χ0n) is 4.39. The number of hydrogen-bond donors (Lipinski definition) is 1. The molecule has 0 spiro atoms. The van der Waals surface area contributed by atoms with Crippen molar-refractivity contribution >= 4 is 12.2 Å². The number of aldehydes is 1. The standard InChI is InChI=1S/C5H7NO2/c1-4(2-3-7)5(6)8/h3H,1-2H2,(H2,6,8). The van der Waals surface area contributed by atoms with Crippen molar-refractivity contribution in [3.63, 3.8) is 0 Å². The fourth-order valence-electron chi connectivity index (χ4n) is 0.201. The first-order valence-corrected chi connectivity index (χ1v) is 2.09. The van der Waals surface area contributed by atoms with Crippen LogP contribution in [0.25, 0.3) is 0 Å². The highest BCUT2D eigenvalue weighted by Gasteiger charge is 1.97. The van der Waals surface area contributed by atoms with Crippen LogP contribution in [0.5, 0.6) is 0 Å². The molecule has 8 heavy (non-hydrogen) atoms. The quantitative estimate of drug-likeness (QED) is 0.400. The number of carbonyl (C=O) groups is 2. The fourth-order valence-corrected chi connectivity index (χ4v) is 0.201. The maximum absolute atomic E-state index is 10.1. The molecule has 0 aromatic rings. The van der Waals surface area contributed by atoms with Gasteiger partial charge in [-0.2, -0.15) is 0 Å². The summed E-state index contributed by atoms with van der Waals surface area (Å²) in [6, 6.07) is 0. The van der Waals surface area contributed by atoms with Crippen molar-refractivity contribution in [2.75, 3.05) is 0 Å². The Balaban J connectivity index is 3.65. The molecule has 0 aliphatic rings. The highest BCUT2D eigenvalue weighted by Crippen LogP contribution is 1.89. The third-order valence-corrected chi connectivity index (χ3v) is 0.678. The predicted octanol–water partition coefficient (Wildman–Crippen LogP) is -0.383. The van der Waals surface area contributed by atoms with Crippen LogP contribution in [-0.4, -0.2) is 12.2 Å². The van der Waals surface area contributed by atoms with E-state index in [1.165, 1.54) is 0 Å². The Labute approximate surface area is 47.2 Å². The molecule has 0 aliphatic carbocycles. The molecule has 3 heteroatoms. The summed E-state index contributed by atoms with van der Waals surface area (Å²) in [4.78, 5) is 19.7. The zero-order valence-corrected chi connectivity index (χ0v) is 4.39. The Bertz CT molecular complexity index is 128. The van der Waals surface area contributed by atoms with E-state index >= 15 is 0 Å². The maximum atomic E-state index is 10.1. The Kier molecular flexibility index (Phi) is 2.54. The van der Waals surface area contributed by atoms with Gasteiger partial charge in [0.2, 0.25) is 5.91 Å². The minimum absolute atomic E-state index is 0.0370. The summed E-state index contributed by atoms with van der Waals surface area (Å²) in [5.74, 6) is -0.614. The van der Waals surface area contributed by atoms with Crippen molar-refractivity contribution in [3.8, 4) is 0 Å². The lowest BCUT2D eigenvalue weighted by atomic mass is 10.2. The molecule has 2 N–H and O–H groups in total. The van der Waals surface area contributed by atoms with E-state index in [-0.39, 0.29) is 12.0 Å². The lowest BCUT2D eigenvalue weighted by Gasteiger charge is -1.88. The number of carbonyl (C=O) groups excluding carboxylic acids is 2. The number of nitrogens with two attached hydrogens (primary N) is 1. The normalized spacial score (nSPS) is 8.00. The van der Waals surface area contributed by atoms with Crippen LogP contribution < -0.4 is 5.73 Å². The Morgan fingerprint density at radius 1 is 1.75 bits per heavy atom. The van der Waals surface area contributed by atoms with Crippen molar-refractivity contribution in [2.45, 2.75) is 6.42 Å². The van der Waals surface area contributed by atoms with Gasteiger partial charge in [0.25, 0.3) is 0 Å². The number of rotatable bonds is 3. The number of primary amides is 1. The lowest BCUT2D eigenvalue weighted by Crippen LogP contribution is -2.12. The molecule has 0 atom stereocenters. The van der Waals surface area contributed by atoms with Crippen LogP contribution in [0.4, 0.5) is 0 Å². The molecular weight excluding hydrogens is 106 g/mol. The van der Waals surface area contributed by atoms with Crippen LogP contribution in [0.1, 0.15) is 6.42 Å². The highest BCUT2D eigenvalue weighted by molar-refractivity contribution is 5.93. The molecule has 44 valence electrons. The molecule has 0 rings (SSSR count). The number of amides is 1. The molecule has 0 radical (unpaired) electrons. The van der Waals surface area contributed by atoms with Crippen LogP contribution in [0.2, 0.25) is 0 Å². The summed E-state index contributed by atoms with van der Waals surface area (Å²) < 4.78 is 0. The van der Waals surface area contributed by atoms with E-state index in [4.69, 9.17) is 5.73 Å². The average Bonchev–Trinajstić information content (AvgIpc) is 1.67. The second-order valence-corrected chi connectivity index (χ2v) is 1.34. The first-order valence-electron chi connectivity index (χ1n) is 2.09. The molecule has 0 aromatic heterocycles. The van der Waals surface area contributed by atoms with Crippen molar-refractivity contribution in [1.29, 1.82) is 0 Å². The molecule has 0 aliphatic heterocycles. The van der Waals surface area contributed by atoms with E-state index in [1.807, 2.05) is 0 Å². The molecule has 0 bridgehead atoms. The van der Waals surface area contributed by atoms with Gasteiger partial charge in [-0.25, -0.2) is 0 Å². The fraction of sp³-hybridized carbons (Fsp3) is 0.200. The zero-order chi connectivity index (χ0) is 6.57. The minimum atomic E-state index is -0.614. The van der Waals surface area contributed by atoms with Crippen molar-refractivity contribution in [3.05, 3.63) is 12.2 Å². The topological polar surface area (TPSA) is 60.2 Å². The smallest absolute Gasteiger partial charge is 0.244 e. The molecule has 1 amide bonds. The van der Waals surface area contributed by atoms with Gasteiger partial charge in [0.1, 0.15) is 6.29 Å². The second-order valence-electron chi connectivity index (χ2n) is 1.34. The maximum Gasteiger partial charge on any atom is 0.244 e. The molecule has 0 heterocycles. The van der Waals surface area contributed by atoms with Gasteiger partial charge >= 0.3 is 0 Å². The summed E-state index contributed by atoms with van der Waals surface area (Å²) in [5, 5.41) is 0. The molecule has 0 aromatic carbocycles. The Hall–Kier alpha value is -1.12. The Morgan fingerprint density at radius 2 is 2.25 bits per heavy atom. The highest BCUT2D eigenvalue weighted by atomic mass is 16.1. The molecule has 0 saturated heterocycles. The predicted molar refractivity (Wildman–Crippen MR) is 29.0 cm³/mol. The number of hydrogen-bond acceptors (Lipinski definition) is 2. The molecule has 0 unspecified atom stereocenters. The van der Waals surface area contributed by atoms with E-state index < -0.39 is 5.91 Å². The van der Waals surface area contributed by atoms with E-state index in [1.54, 1.807) is 0 Å². The van der Waals surface area contributed by atoms with Crippen LogP contribution >= 0.6 is 0 Å². The summed E-state index contributed by atoms with van der Waals surface area (Å²) in [7, 11) is 0. The summed E-state index contributed by atoms with van der Waals surface area (Å²) in [6.07, 6.45) is 0.627. The first-order chi connectivity index (χ1) is 3.68. The van der Waals surface area contributed by atoms with Gasteiger partial charge in [0.15, 0.2) is 0 Å². The van der Waals surface area contributed by atoms with E-state index in [0.717, 1.165) is 0 Å². The summed E-state index contributed by atoms with van der Waals surface area (Å²) in [6.45, 7) is 3.24. The van der Waals surface area contributed by atoms with Gasteiger partial charge in [0, 0.05) is 12.0 Å². The van der Waals surface area contributed by atoms with Gasteiger partial charge in [-0.3, -0.25) is 4.79 Å². The van der Waals surface area contributed by atoms with E-state index in [2.05, 4.69) is 6.58 Å². The van der Waals surface area contributed by atoms with Crippen LogP contribution in [0, 0.1) is 0 Å². The van der Waals surface area contributed by atoms with Gasteiger partial charge in [0.05, 0.1) is 0 Å². The van der Waals surface area contributed by atoms with Crippen molar-refractivity contribution in [2.24, 2.45) is 5.73 Å². The van der Waals surface area contributed by atoms with E-state index in [9.17, 15) is 9.59 Å².